The van der Waals surface area contributed by atoms with E-state index in [-0.39, 0.29) is 6.61 Å². The number of hydrogen-bond acceptors (Lipinski definition) is 5. The molecule has 0 bridgehead atoms. The van der Waals surface area contributed by atoms with E-state index < -0.39 is 0 Å². The van der Waals surface area contributed by atoms with E-state index in [0.29, 0.717) is 6.04 Å². The van der Waals surface area contributed by atoms with Gasteiger partial charge in [-0.3, -0.25) is 0 Å². The summed E-state index contributed by atoms with van der Waals surface area (Å²) in [4.78, 5) is 13.1. The number of piperidine rings is 1. The van der Waals surface area contributed by atoms with Gasteiger partial charge < -0.3 is 14.9 Å². The molecule has 94 valence electrons. The summed E-state index contributed by atoms with van der Waals surface area (Å²) in [7, 11) is 4.26. The zero-order chi connectivity index (χ0) is 12.3. The largest absolute Gasteiger partial charge is 0.392 e. The van der Waals surface area contributed by atoms with Crippen molar-refractivity contribution in [3.63, 3.8) is 0 Å². The van der Waals surface area contributed by atoms with Crippen molar-refractivity contribution in [3.8, 4) is 0 Å². The van der Waals surface area contributed by atoms with Crippen LogP contribution in [-0.4, -0.2) is 53.2 Å². The highest BCUT2D eigenvalue weighted by atomic mass is 16.3. The first-order valence-electron chi connectivity index (χ1n) is 6.04. The maximum atomic E-state index is 8.94. The maximum absolute atomic E-state index is 8.94. The fourth-order valence-corrected chi connectivity index (χ4v) is 2.18. The summed E-state index contributed by atoms with van der Waals surface area (Å²) < 4.78 is 0. The van der Waals surface area contributed by atoms with Crippen molar-refractivity contribution >= 4 is 5.95 Å². The molecule has 1 saturated heterocycles. The molecule has 2 rings (SSSR count). The van der Waals surface area contributed by atoms with E-state index in [4.69, 9.17) is 5.11 Å². The predicted octanol–water partition coefficient (Wildman–Crippen LogP) is 0.499. The monoisotopic (exact) mass is 236 g/mol. The summed E-state index contributed by atoms with van der Waals surface area (Å²) in [6, 6.07) is 0.669. The van der Waals surface area contributed by atoms with Gasteiger partial charge >= 0.3 is 0 Å². The second kappa shape index (κ2) is 5.42. The molecule has 5 nitrogen and oxygen atoms in total. The Hall–Kier alpha value is -1.20. The van der Waals surface area contributed by atoms with Crippen molar-refractivity contribution in [2.24, 2.45) is 0 Å². The van der Waals surface area contributed by atoms with Gasteiger partial charge in [-0.1, -0.05) is 0 Å². The fraction of sp³-hybridized carbons (Fsp3) is 0.667. The molecule has 0 saturated carbocycles. The lowest BCUT2D eigenvalue weighted by Gasteiger charge is -2.35. The summed E-state index contributed by atoms with van der Waals surface area (Å²) in [5.74, 6) is 0.777. The van der Waals surface area contributed by atoms with E-state index in [2.05, 4.69) is 33.9 Å². The van der Waals surface area contributed by atoms with Crippen LogP contribution in [0.1, 0.15) is 18.4 Å². The molecule has 17 heavy (non-hydrogen) atoms. The van der Waals surface area contributed by atoms with E-state index in [0.717, 1.165) is 37.4 Å². The Labute approximate surface area is 102 Å². The fourth-order valence-electron chi connectivity index (χ4n) is 2.18. The van der Waals surface area contributed by atoms with Crippen LogP contribution in [0.25, 0.3) is 0 Å². The van der Waals surface area contributed by atoms with Crippen molar-refractivity contribution in [1.29, 1.82) is 0 Å². The molecule has 0 radical (unpaired) electrons. The maximum Gasteiger partial charge on any atom is 0.225 e. The summed E-state index contributed by atoms with van der Waals surface area (Å²) in [5.41, 5.74) is 0.761. The summed E-state index contributed by atoms with van der Waals surface area (Å²) in [6.07, 6.45) is 5.69. The van der Waals surface area contributed by atoms with E-state index in [1.807, 2.05) is 0 Å². The van der Waals surface area contributed by atoms with E-state index in [1.54, 1.807) is 12.4 Å². The minimum atomic E-state index is 0.00296. The number of anilines is 1. The average molecular weight is 236 g/mol. The molecule has 1 fully saturated rings. The Morgan fingerprint density at radius 3 is 2.35 bits per heavy atom. The number of nitrogens with zero attached hydrogens (tertiary/aromatic N) is 4. The van der Waals surface area contributed by atoms with Crippen molar-refractivity contribution in [1.82, 2.24) is 14.9 Å². The Morgan fingerprint density at radius 2 is 1.88 bits per heavy atom. The van der Waals surface area contributed by atoms with Gasteiger partial charge in [0.2, 0.25) is 5.95 Å². The standard InChI is InChI=1S/C12H20N4O/c1-15(2)11-3-5-16(6-4-11)12-13-7-10(9-17)8-14-12/h7-8,11,17H,3-6,9H2,1-2H3. The lowest BCUT2D eigenvalue weighted by atomic mass is 10.0. The molecule has 1 aromatic heterocycles. The van der Waals surface area contributed by atoms with Gasteiger partial charge in [0.05, 0.1) is 6.61 Å². The van der Waals surface area contributed by atoms with Gasteiger partial charge in [0.15, 0.2) is 0 Å². The highest BCUT2D eigenvalue weighted by Gasteiger charge is 2.21. The second-order valence-corrected chi connectivity index (χ2v) is 4.73. The van der Waals surface area contributed by atoms with Crippen LogP contribution in [-0.2, 0) is 6.61 Å². The first-order chi connectivity index (χ1) is 8.20. The number of aromatic nitrogens is 2. The van der Waals surface area contributed by atoms with Gasteiger partial charge in [-0.25, -0.2) is 9.97 Å². The molecule has 0 amide bonds. The Balaban J connectivity index is 1.95. The van der Waals surface area contributed by atoms with E-state index >= 15 is 0 Å². The van der Waals surface area contributed by atoms with Crippen molar-refractivity contribution in [2.75, 3.05) is 32.1 Å². The van der Waals surface area contributed by atoms with Crippen LogP contribution in [0.3, 0.4) is 0 Å². The van der Waals surface area contributed by atoms with Gasteiger partial charge in [0, 0.05) is 37.1 Å². The van der Waals surface area contributed by atoms with Crippen molar-refractivity contribution in [3.05, 3.63) is 18.0 Å². The first kappa shape index (κ1) is 12.3. The number of hydrogen-bond donors (Lipinski definition) is 1. The van der Waals surface area contributed by atoms with Crippen LogP contribution < -0.4 is 4.90 Å². The smallest absolute Gasteiger partial charge is 0.225 e. The molecule has 1 aliphatic heterocycles. The predicted molar refractivity (Wildman–Crippen MR) is 66.9 cm³/mol. The number of rotatable bonds is 3. The highest BCUT2D eigenvalue weighted by molar-refractivity contribution is 5.30. The van der Waals surface area contributed by atoms with Crippen molar-refractivity contribution in [2.45, 2.75) is 25.5 Å². The van der Waals surface area contributed by atoms with E-state index in [9.17, 15) is 0 Å². The van der Waals surface area contributed by atoms with Crippen LogP contribution >= 0.6 is 0 Å². The zero-order valence-electron chi connectivity index (χ0n) is 10.5. The normalized spacial score (nSPS) is 17.8. The molecule has 0 aliphatic carbocycles. The van der Waals surface area contributed by atoms with Crippen molar-refractivity contribution < 1.29 is 5.11 Å². The first-order valence-corrected chi connectivity index (χ1v) is 6.04. The number of aliphatic hydroxyl groups excluding tert-OH is 1. The Kier molecular flexibility index (Phi) is 3.91. The molecule has 0 spiro atoms. The molecule has 0 aromatic carbocycles. The molecule has 2 heterocycles. The SMILES string of the molecule is CN(C)C1CCN(c2ncc(CO)cn2)CC1. The Bertz CT molecular complexity index is 344. The van der Waals surface area contributed by atoms with Crippen LogP contribution in [0.2, 0.25) is 0 Å². The average Bonchev–Trinajstić information content (AvgIpc) is 2.39. The zero-order valence-corrected chi connectivity index (χ0v) is 10.5. The third-order valence-electron chi connectivity index (χ3n) is 3.35. The van der Waals surface area contributed by atoms with Crippen LogP contribution in [0, 0.1) is 0 Å². The number of aliphatic hydroxyl groups is 1. The lowest BCUT2D eigenvalue weighted by Crippen LogP contribution is -2.42. The Morgan fingerprint density at radius 1 is 1.29 bits per heavy atom. The topological polar surface area (TPSA) is 52.5 Å². The van der Waals surface area contributed by atoms with Crippen LogP contribution in [0.4, 0.5) is 5.95 Å². The summed E-state index contributed by atoms with van der Waals surface area (Å²) in [5, 5.41) is 8.94. The molecule has 5 heteroatoms. The van der Waals surface area contributed by atoms with Gasteiger partial charge in [-0.15, -0.1) is 0 Å². The minimum absolute atomic E-state index is 0.00296. The summed E-state index contributed by atoms with van der Waals surface area (Å²) >= 11 is 0. The summed E-state index contributed by atoms with van der Waals surface area (Å²) in [6.45, 7) is 2.01. The van der Waals surface area contributed by atoms with Gasteiger partial charge in [-0.2, -0.15) is 0 Å². The van der Waals surface area contributed by atoms with Crippen LogP contribution in [0.15, 0.2) is 12.4 Å². The molecule has 1 aromatic rings. The molecular formula is C12H20N4O. The van der Waals surface area contributed by atoms with Crippen LogP contribution in [0.5, 0.6) is 0 Å². The molecular weight excluding hydrogens is 216 g/mol. The third kappa shape index (κ3) is 2.92. The lowest BCUT2D eigenvalue weighted by molar-refractivity contribution is 0.249. The van der Waals surface area contributed by atoms with Gasteiger partial charge in [0.25, 0.3) is 0 Å². The molecule has 1 aliphatic rings. The third-order valence-corrected chi connectivity index (χ3v) is 3.35. The quantitative estimate of drug-likeness (QED) is 0.828. The van der Waals surface area contributed by atoms with E-state index in [1.165, 1.54) is 0 Å². The highest BCUT2D eigenvalue weighted by Crippen LogP contribution is 2.18. The molecule has 0 atom stereocenters. The van der Waals surface area contributed by atoms with Gasteiger partial charge in [-0.05, 0) is 26.9 Å². The molecule has 0 unspecified atom stereocenters. The second-order valence-electron chi connectivity index (χ2n) is 4.73. The molecule has 1 N–H and O–H groups in total. The van der Waals surface area contributed by atoms with Gasteiger partial charge in [0.1, 0.15) is 0 Å². The minimum Gasteiger partial charge on any atom is -0.392 e.